The van der Waals surface area contributed by atoms with Gasteiger partial charge < -0.3 is 10.6 Å². The Kier molecular flexibility index (Phi) is 5.06. The van der Waals surface area contributed by atoms with E-state index in [9.17, 15) is 4.79 Å². The Bertz CT molecular complexity index is 996. The number of aromatic amines is 1. The van der Waals surface area contributed by atoms with Gasteiger partial charge in [-0.2, -0.15) is 5.10 Å². The molecule has 3 N–H and O–H groups in total. The van der Waals surface area contributed by atoms with Gasteiger partial charge >= 0.3 is 0 Å². The average Bonchev–Trinajstić information content (AvgIpc) is 2.93. The highest BCUT2D eigenvalue weighted by Crippen LogP contribution is 2.23. The number of nitrogen functional groups attached to an aromatic ring is 1. The summed E-state index contributed by atoms with van der Waals surface area (Å²) in [6.07, 6.45) is 8.85. The summed E-state index contributed by atoms with van der Waals surface area (Å²) in [5.74, 6) is 0.301. The lowest BCUT2D eigenvalue weighted by Gasteiger charge is -2.17. The zero-order valence-electron chi connectivity index (χ0n) is 16.0. The third-order valence-electron chi connectivity index (χ3n) is 5.18. The lowest BCUT2D eigenvalue weighted by molar-refractivity contribution is 0.0783. The van der Waals surface area contributed by atoms with Gasteiger partial charge in [0, 0.05) is 23.9 Å². The van der Waals surface area contributed by atoms with E-state index in [1.807, 2.05) is 31.3 Å². The number of amides is 1. The number of hydrogen-bond acceptors (Lipinski definition) is 5. The van der Waals surface area contributed by atoms with Crippen LogP contribution in [0.15, 0.2) is 36.7 Å². The first-order valence-corrected chi connectivity index (χ1v) is 9.60. The van der Waals surface area contributed by atoms with Crippen LogP contribution in [0.2, 0.25) is 0 Å². The molecule has 0 atom stereocenters. The molecule has 1 aromatic carbocycles. The van der Waals surface area contributed by atoms with E-state index in [0.717, 1.165) is 24.1 Å². The van der Waals surface area contributed by atoms with E-state index in [0.29, 0.717) is 23.6 Å². The van der Waals surface area contributed by atoms with Gasteiger partial charge in [0.15, 0.2) is 0 Å². The van der Waals surface area contributed by atoms with Gasteiger partial charge in [-0.1, -0.05) is 18.6 Å². The monoisotopic (exact) mass is 376 g/mol. The van der Waals surface area contributed by atoms with Gasteiger partial charge in [-0.15, -0.1) is 0 Å². The molecule has 28 heavy (non-hydrogen) atoms. The van der Waals surface area contributed by atoms with Gasteiger partial charge in [0.2, 0.25) is 0 Å². The average molecular weight is 376 g/mol. The summed E-state index contributed by atoms with van der Waals surface area (Å²) in [5.41, 5.74) is 11.3. The second-order valence-electron chi connectivity index (χ2n) is 7.26. The smallest absolute Gasteiger partial charge is 0.253 e. The Morgan fingerprint density at radius 3 is 2.93 bits per heavy atom. The molecule has 0 spiro atoms. The molecule has 1 amide bonds. The third-order valence-corrected chi connectivity index (χ3v) is 5.18. The molecule has 3 aromatic rings. The Morgan fingerprint density at radius 1 is 1.21 bits per heavy atom. The van der Waals surface area contributed by atoms with Crippen LogP contribution in [0.3, 0.4) is 0 Å². The maximum atomic E-state index is 13.0. The van der Waals surface area contributed by atoms with E-state index in [1.165, 1.54) is 36.7 Å². The molecule has 7 heteroatoms. The minimum Gasteiger partial charge on any atom is -0.382 e. The highest BCUT2D eigenvalue weighted by Gasteiger charge is 2.19. The van der Waals surface area contributed by atoms with Crippen molar-refractivity contribution < 1.29 is 4.79 Å². The highest BCUT2D eigenvalue weighted by molar-refractivity contribution is 5.95. The van der Waals surface area contributed by atoms with E-state index in [1.54, 1.807) is 11.1 Å². The van der Waals surface area contributed by atoms with E-state index < -0.39 is 0 Å². The number of nitrogens with two attached hydrogens (primary N) is 1. The lowest BCUT2D eigenvalue weighted by atomic mass is 10.1. The number of aromatic nitrogens is 4. The van der Waals surface area contributed by atoms with Crippen LogP contribution >= 0.6 is 0 Å². The fourth-order valence-corrected chi connectivity index (χ4v) is 3.71. The first kappa shape index (κ1) is 18.2. The number of hydrogen-bond donors (Lipinski definition) is 2. The van der Waals surface area contributed by atoms with Crippen molar-refractivity contribution in [1.82, 2.24) is 25.1 Å². The van der Waals surface area contributed by atoms with Crippen molar-refractivity contribution in [2.24, 2.45) is 0 Å². The molecule has 2 heterocycles. The van der Waals surface area contributed by atoms with Crippen LogP contribution in [0.5, 0.6) is 0 Å². The van der Waals surface area contributed by atoms with Crippen LogP contribution in [0.1, 0.15) is 46.6 Å². The zero-order valence-corrected chi connectivity index (χ0v) is 16.0. The maximum absolute atomic E-state index is 13.0. The summed E-state index contributed by atoms with van der Waals surface area (Å²) in [6.45, 7) is 0.493. The largest absolute Gasteiger partial charge is 0.382 e. The lowest BCUT2D eigenvalue weighted by Crippen LogP contribution is -2.26. The first-order chi connectivity index (χ1) is 13.6. The standard InChI is InChI=1S/C21H24N6O/c1-27(13-19-16-8-3-2-4-9-17(16)25-26-19)21(28)15-7-5-6-14(10-15)18-11-23-12-20(22)24-18/h5-7,10-12H,2-4,8-9,13H2,1H3,(H2,22,24)(H,25,26). The maximum Gasteiger partial charge on any atom is 0.253 e. The summed E-state index contributed by atoms with van der Waals surface area (Å²) < 4.78 is 0. The Morgan fingerprint density at radius 2 is 2.07 bits per heavy atom. The Hall–Kier alpha value is -3.22. The summed E-state index contributed by atoms with van der Waals surface area (Å²) in [5, 5.41) is 7.65. The normalized spacial score (nSPS) is 13.6. The van der Waals surface area contributed by atoms with Crippen LogP contribution in [-0.4, -0.2) is 38.0 Å². The highest BCUT2D eigenvalue weighted by atomic mass is 16.2. The first-order valence-electron chi connectivity index (χ1n) is 9.60. The van der Waals surface area contributed by atoms with Gasteiger partial charge in [0.1, 0.15) is 5.82 Å². The van der Waals surface area contributed by atoms with Crippen molar-refractivity contribution in [3.8, 4) is 11.3 Å². The van der Waals surface area contributed by atoms with Crippen molar-refractivity contribution in [3.05, 3.63) is 59.2 Å². The molecule has 0 unspecified atom stereocenters. The minimum absolute atomic E-state index is 0.0518. The number of anilines is 1. The van der Waals surface area contributed by atoms with Crippen LogP contribution in [0, 0.1) is 0 Å². The van der Waals surface area contributed by atoms with Gasteiger partial charge in [-0.25, -0.2) is 4.98 Å². The number of carbonyl (C=O) groups excluding carboxylic acids is 1. The summed E-state index contributed by atoms with van der Waals surface area (Å²) in [6, 6.07) is 7.39. The van der Waals surface area contributed by atoms with E-state index >= 15 is 0 Å². The predicted molar refractivity (Wildman–Crippen MR) is 108 cm³/mol. The SMILES string of the molecule is CN(Cc1n[nH]c2c1CCCCC2)C(=O)c1cccc(-c2cncc(N)n2)c1. The third kappa shape index (κ3) is 3.74. The van der Waals surface area contributed by atoms with Crippen molar-refractivity contribution in [2.75, 3.05) is 12.8 Å². The fraction of sp³-hybridized carbons (Fsp3) is 0.333. The van der Waals surface area contributed by atoms with Crippen molar-refractivity contribution in [1.29, 1.82) is 0 Å². The van der Waals surface area contributed by atoms with E-state index in [-0.39, 0.29) is 5.91 Å². The van der Waals surface area contributed by atoms with Gasteiger partial charge in [0.25, 0.3) is 5.91 Å². The predicted octanol–water partition coefficient (Wildman–Crippen LogP) is 2.99. The summed E-state index contributed by atoms with van der Waals surface area (Å²) >= 11 is 0. The summed E-state index contributed by atoms with van der Waals surface area (Å²) in [4.78, 5) is 23.1. The van der Waals surface area contributed by atoms with Crippen molar-refractivity contribution in [3.63, 3.8) is 0 Å². The molecule has 4 rings (SSSR count). The van der Waals surface area contributed by atoms with Crippen LogP contribution in [0.4, 0.5) is 5.82 Å². The fourth-order valence-electron chi connectivity index (χ4n) is 3.71. The molecular formula is C21H24N6O. The quantitative estimate of drug-likeness (QED) is 0.682. The zero-order chi connectivity index (χ0) is 19.5. The van der Waals surface area contributed by atoms with Crippen molar-refractivity contribution >= 4 is 11.7 Å². The van der Waals surface area contributed by atoms with Crippen LogP contribution < -0.4 is 5.73 Å². The molecule has 0 saturated heterocycles. The second-order valence-corrected chi connectivity index (χ2v) is 7.26. The molecule has 0 radical (unpaired) electrons. The number of rotatable bonds is 4. The van der Waals surface area contributed by atoms with E-state index in [2.05, 4.69) is 20.2 Å². The molecular weight excluding hydrogens is 352 g/mol. The minimum atomic E-state index is -0.0518. The topological polar surface area (TPSA) is 101 Å². The number of nitrogens with one attached hydrogen (secondary N) is 1. The number of H-pyrrole nitrogens is 1. The van der Waals surface area contributed by atoms with Crippen molar-refractivity contribution in [2.45, 2.75) is 38.6 Å². The van der Waals surface area contributed by atoms with Crippen LogP contribution in [-0.2, 0) is 19.4 Å². The van der Waals surface area contributed by atoms with Crippen LogP contribution in [0.25, 0.3) is 11.3 Å². The number of carbonyl (C=O) groups is 1. The molecule has 0 saturated carbocycles. The van der Waals surface area contributed by atoms with Gasteiger partial charge in [0.05, 0.1) is 30.3 Å². The number of nitrogens with zero attached hydrogens (tertiary/aromatic N) is 4. The summed E-state index contributed by atoms with van der Waals surface area (Å²) in [7, 11) is 1.81. The van der Waals surface area contributed by atoms with Gasteiger partial charge in [-0.05, 0) is 43.4 Å². The molecule has 144 valence electrons. The molecule has 1 aliphatic rings. The molecule has 0 bridgehead atoms. The number of fused-ring (bicyclic) bond motifs is 1. The molecule has 7 nitrogen and oxygen atoms in total. The molecule has 0 fully saturated rings. The molecule has 1 aliphatic carbocycles. The molecule has 2 aromatic heterocycles. The van der Waals surface area contributed by atoms with E-state index in [4.69, 9.17) is 5.73 Å². The Labute approximate surface area is 164 Å². The number of aryl methyl sites for hydroxylation is 1. The number of benzene rings is 1. The van der Waals surface area contributed by atoms with Gasteiger partial charge in [-0.3, -0.25) is 14.9 Å². The molecule has 0 aliphatic heterocycles. The second kappa shape index (κ2) is 7.80. The Balaban J connectivity index is 1.53.